The summed E-state index contributed by atoms with van der Waals surface area (Å²) in [5.41, 5.74) is 2.48. The van der Waals surface area contributed by atoms with Gasteiger partial charge < -0.3 is 14.8 Å². The number of carbonyl (C=O) groups is 2. The third-order valence-electron chi connectivity index (χ3n) is 4.07. The molecule has 0 fully saturated rings. The zero-order chi connectivity index (χ0) is 19.3. The van der Waals surface area contributed by atoms with Crippen LogP contribution in [0.4, 0.5) is 5.69 Å². The smallest absolute Gasteiger partial charge is 0.338 e. The quantitative estimate of drug-likeness (QED) is 0.753. The van der Waals surface area contributed by atoms with Gasteiger partial charge in [-0.2, -0.15) is 0 Å². The molecule has 5 nitrogen and oxygen atoms in total. The lowest BCUT2D eigenvalue weighted by Crippen LogP contribution is -2.32. The molecule has 2 aromatic rings. The Hall–Kier alpha value is -2.53. The van der Waals surface area contributed by atoms with Crippen molar-refractivity contribution in [2.45, 2.75) is 33.3 Å². The molecule has 0 radical (unpaired) electrons. The average molecular weight is 376 g/mol. The highest BCUT2D eigenvalue weighted by molar-refractivity contribution is 6.31. The summed E-state index contributed by atoms with van der Waals surface area (Å²) in [6, 6.07) is 10.3. The van der Waals surface area contributed by atoms with E-state index in [0.29, 0.717) is 34.0 Å². The predicted octanol–water partition coefficient (Wildman–Crippen LogP) is 4.54. The van der Waals surface area contributed by atoms with Crippen molar-refractivity contribution in [3.63, 3.8) is 0 Å². The largest absolute Gasteiger partial charge is 0.481 e. The number of ether oxygens (including phenoxy) is 2. The summed E-state index contributed by atoms with van der Waals surface area (Å²) in [6.07, 6.45) is -0.180. The van der Waals surface area contributed by atoms with E-state index in [2.05, 4.69) is 5.32 Å². The number of aryl methyl sites for hydroxylation is 1. The Kier molecular flexibility index (Phi) is 6.64. The van der Waals surface area contributed by atoms with Crippen LogP contribution in [-0.4, -0.2) is 25.1 Å². The number of rotatable bonds is 6. The number of nitrogens with one attached hydrogen (secondary N) is 1. The zero-order valence-corrected chi connectivity index (χ0v) is 16.0. The fourth-order valence-electron chi connectivity index (χ4n) is 2.49. The van der Waals surface area contributed by atoms with Crippen molar-refractivity contribution >= 4 is 29.2 Å². The lowest BCUT2D eigenvalue weighted by Gasteiger charge is -2.19. The maximum absolute atomic E-state index is 12.6. The summed E-state index contributed by atoms with van der Waals surface area (Å²) in [5.74, 6) is -0.155. The van der Waals surface area contributed by atoms with Crippen molar-refractivity contribution in [3.05, 3.63) is 58.1 Å². The molecule has 1 N–H and O–H groups in total. The number of anilines is 1. The summed E-state index contributed by atoms with van der Waals surface area (Å²) < 4.78 is 10.6. The number of halogens is 1. The second-order valence-electron chi connectivity index (χ2n) is 5.88. The van der Waals surface area contributed by atoms with Crippen LogP contribution in [-0.2, 0) is 9.53 Å². The molecule has 0 saturated carbocycles. The van der Waals surface area contributed by atoms with Crippen molar-refractivity contribution in [1.82, 2.24) is 0 Å². The maximum atomic E-state index is 12.6. The molecule has 0 spiro atoms. The van der Waals surface area contributed by atoms with E-state index in [1.165, 1.54) is 7.11 Å². The van der Waals surface area contributed by atoms with Gasteiger partial charge >= 0.3 is 5.97 Å². The zero-order valence-electron chi connectivity index (χ0n) is 15.3. The van der Waals surface area contributed by atoms with Gasteiger partial charge in [-0.1, -0.05) is 24.6 Å². The van der Waals surface area contributed by atoms with Crippen LogP contribution >= 0.6 is 11.6 Å². The first-order valence-corrected chi connectivity index (χ1v) is 8.66. The second kappa shape index (κ2) is 8.72. The van der Waals surface area contributed by atoms with Crippen LogP contribution < -0.4 is 10.1 Å². The Morgan fingerprint density at radius 3 is 2.54 bits per heavy atom. The van der Waals surface area contributed by atoms with E-state index < -0.39 is 12.1 Å². The van der Waals surface area contributed by atoms with Crippen LogP contribution in [0.2, 0.25) is 5.02 Å². The van der Waals surface area contributed by atoms with Crippen LogP contribution in [0, 0.1) is 13.8 Å². The van der Waals surface area contributed by atoms with Crippen LogP contribution in [0.1, 0.15) is 34.8 Å². The summed E-state index contributed by atoms with van der Waals surface area (Å²) in [6.45, 7) is 5.49. The van der Waals surface area contributed by atoms with Crippen LogP contribution in [0.15, 0.2) is 36.4 Å². The summed E-state index contributed by atoms with van der Waals surface area (Å²) in [7, 11) is 1.32. The normalized spacial score (nSPS) is 11.6. The predicted molar refractivity (Wildman–Crippen MR) is 102 cm³/mol. The lowest BCUT2D eigenvalue weighted by molar-refractivity contribution is -0.122. The molecule has 0 aliphatic rings. The van der Waals surface area contributed by atoms with Gasteiger partial charge in [-0.15, -0.1) is 0 Å². The highest BCUT2D eigenvalue weighted by atomic mass is 35.5. The molecule has 26 heavy (non-hydrogen) atoms. The molecule has 1 unspecified atom stereocenters. The Labute approximate surface area is 158 Å². The van der Waals surface area contributed by atoms with Crippen LogP contribution in [0.3, 0.4) is 0 Å². The van der Waals surface area contributed by atoms with Crippen LogP contribution in [0.25, 0.3) is 0 Å². The van der Waals surface area contributed by atoms with Gasteiger partial charge in [0.15, 0.2) is 6.10 Å². The topological polar surface area (TPSA) is 64.6 Å². The Balaban J connectivity index is 2.16. The Bertz CT molecular complexity index is 819. The lowest BCUT2D eigenvalue weighted by atomic mass is 10.1. The first-order chi connectivity index (χ1) is 12.4. The number of esters is 1. The number of benzene rings is 2. The van der Waals surface area contributed by atoms with Crippen molar-refractivity contribution in [3.8, 4) is 5.75 Å². The number of methoxy groups -OCH3 is 1. The van der Waals surface area contributed by atoms with Gasteiger partial charge in [-0.3, -0.25) is 4.79 Å². The fourth-order valence-corrected chi connectivity index (χ4v) is 2.61. The molecule has 0 aliphatic carbocycles. The summed E-state index contributed by atoms with van der Waals surface area (Å²) in [5, 5.41) is 3.47. The van der Waals surface area contributed by atoms with E-state index in [1.807, 2.05) is 13.8 Å². The molecule has 0 aliphatic heterocycles. The van der Waals surface area contributed by atoms with E-state index in [1.54, 1.807) is 43.3 Å². The van der Waals surface area contributed by atoms with Gasteiger partial charge in [0, 0.05) is 10.7 Å². The van der Waals surface area contributed by atoms with Gasteiger partial charge in [-0.05, 0) is 61.7 Å². The van der Waals surface area contributed by atoms with Crippen LogP contribution in [0.5, 0.6) is 5.75 Å². The third kappa shape index (κ3) is 4.55. The SMILES string of the molecule is CCC(Oc1ccc(Cl)c(C)c1)C(=O)Nc1cccc(C(=O)OC)c1C. The highest BCUT2D eigenvalue weighted by Gasteiger charge is 2.21. The van der Waals surface area contributed by atoms with Gasteiger partial charge in [0.1, 0.15) is 5.75 Å². The molecule has 6 heteroatoms. The Morgan fingerprint density at radius 1 is 1.19 bits per heavy atom. The van der Waals surface area contributed by atoms with Gasteiger partial charge in [0.25, 0.3) is 5.91 Å². The molecule has 0 heterocycles. The number of hydrogen-bond donors (Lipinski definition) is 1. The minimum Gasteiger partial charge on any atom is -0.481 e. The van der Waals surface area contributed by atoms with Crippen molar-refractivity contribution in [1.29, 1.82) is 0 Å². The summed E-state index contributed by atoms with van der Waals surface area (Å²) >= 11 is 6.02. The van der Waals surface area contributed by atoms with Gasteiger partial charge in [0.05, 0.1) is 12.7 Å². The van der Waals surface area contributed by atoms with Gasteiger partial charge in [0.2, 0.25) is 0 Å². The molecule has 0 aromatic heterocycles. The maximum Gasteiger partial charge on any atom is 0.338 e. The molecule has 2 rings (SSSR count). The molecule has 138 valence electrons. The monoisotopic (exact) mass is 375 g/mol. The first-order valence-electron chi connectivity index (χ1n) is 8.29. The minimum atomic E-state index is -0.670. The van der Waals surface area contributed by atoms with E-state index in [0.717, 1.165) is 5.56 Å². The molecular weight excluding hydrogens is 354 g/mol. The molecule has 0 saturated heterocycles. The van der Waals surface area contributed by atoms with Crippen molar-refractivity contribution in [2.75, 3.05) is 12.4 Å². The molecule has 1 amide bonds. The molecule has 0 bridgehead atoms. The standard InChI is InChI=1S/C20H22ClNO4/c1-5-18(26-14-9-10-16(21)12(2)11-14)19(23)22-17-8-6-7-15(13(17)3)20(24)25-4/h6-11,18H,5H2,1-4H3,(H,22,23). The second-order valence-corrected chi connectivity index (χ2v) is 6.29. The van der Waals surface area contributed by atoms with Crippen molar-refractivity contribution in [2.24, 2.45) is 0 Å². The number of hydrogen-bond acceptors (Lipinski definition) is 4. The molecule has 2 aromatic carbocycles. The van der Waals surface area contributed by atoms with Gasteiger partial charge in [-0.25, -0.2) is 4.79 Å². The Morgan fingerprint density at radius 2 is 1.92 bits per heavy atom. The highest BCUT2D eigenvalue weighted by Crippen LogP contribution is 2.24. The summed E-state index contributed by atoms with van der Waals surface area (Å²) in [4.78, 5) is 24.4. The van der Waals surface area contributed by atoms with E-state index in [-0.39, 0.29) is 5.91 Å². The molecular formula is C20H22ClNO4. The first kappa shape index (κ1) is 19.8. The third-order valence-corrected chi connectivity index (χ3v) is 4.49. The van der Waals surface area contributed by atoms with E-state index in [9.17, 15) is 9.59 Å². The fraction of sp³-hybridized carbons (Fsp3) is 0.300. The van der Waals surface area contributed by atoms with E-state index >= 15 is 0 Å². The molecule has 1 atom stereocenters. The number of amides is 1. The van der Waals surface area contributed by atoms with Crippen molar-refractivity contribution < 1.29 is 19.1 Å². The minimum absolute atomic E-state index is 0.287. The number of carbonyl (C=O) groups excluding carboxylic acids is 2. The van der Waals surface area contributed by atoms with E-state index in [4.69, 9.17) is 21.1 Å². The average Bonchev–Trinajstić information content (AvgIpc) is 2.63.